The third-order valence-corrected chi connectivity index (χ3v) is 5.75. The summed E-state index contributed by atoms with van der Waals surface area (Å²) in [7, 11) is 1.54. The number of hydrogen-bond donors (Lipinski definition) is 0. The molecule has 42 heavy (non-hydrogen) atoms. The Bertz CT molecular complexity index is 831. The van der Waals surface area contributed by atoms with Gasteiger partial charge in [-0.05, 0) is 54.4 Å². The van der Waals surface area contributed by atoms with Gasteiger partial charge in [0.25, 0.3) is 6.47 Å². The van der Waals surface area contributed by atoms with E-state index in [9.17, 15) is 14.4 Å². The van der Waals surface area contributed by atoms with Gasteiger partial charge < -0.3 is 39.0 Å². The molecule has 0 spiro atoms. The molecule has 0 radical (unpaired) electrons. The van der Waals surface area contributed by atoms with Crippen molar-refractivity contribution < 1.29 is 77.9 Å². The largest absolute Gasteiger partial charge is 1.00 e. The first-order valence-corrected chi connectivity index (χ1v) is 13.9. The summed E-state index contributed by atoms with van der Waals surface area (Å²) in [5, 5.41) is 12.4. The first kappa shape index (κ1) is 42.2. The van der Waals surface area contributed by atoms with E-state index in [1.54, 1.807) is 16.9 Å². The van der Waals surface area contributed by atoms with E-state index in [1.807, 2.05) is 55.4 Å². The molecule has 3 aliphatic rings. The van der Waals surface area contributed by atoms with Crippen LogP contribution in [-0.2, 0) is 33.5 Å². The second-order valence-corrected chi connectivity index (χ2v) is 11.9. The van der Waals surface area contributed by atoms with Gasteiger partial charge in [0, 0.05) is 64.1 Å². The van der Waals surface area contributed by atoms with Gasteiger partial charge in [-0.1, -0.05) is 19.0 Å². The molecule has 2 atom stereocenters. The third-order valence-electron chi connectivity index (χ3n) is 5.75. The van der Waals surface area contributed by atoms with Crippen molar-refractivity contribution in [2.45, 2.75) is 92.3 Å². The molecule has 0 saturated carbocycles. The Balaban J connectivity index is 0. The fraction of sp³-hybridized carbons (Fsp3) is 0.821. The van der Waals surface area contributed by atoms with Crippen molar-refractivity contribution in [3.8, 4) is 0 Å². The number of oxime groups is 1. The van der Waals surface area contributed by atoms with Crippen molar-refractivity contribution in [2.75, 3.05) is 46.5 Å². The summed E-state index contributed by atoms with van der Waals surface area (Å²) in [5.74, 6) is 0.386. The molecule has 3 fully saturated rings. The molecular weight excluding hydrogens is 561 g/mol. The van der Waals surface area contributed by atoms with Crippen LogP contribution in [0.2, 0.25) is 0 Å². The summed E-state index contributed by atoms with van der Waals surface area (Å²) in [4.78, 5) is 54.1. The number of rotatable bonds is 2. The fourth-order valence-corrected chi connectivity index (χ4v) is 3.79. The molecular formula is C28H50N3NaO10. The van der Waals surface area contributed by atoms with E-state index in [4.69, 9.17) is 29.1 Å². The first-order chi connectivity index (χ1) is 19.0. The number of carbonyl (C=O) groups is 4. The van der Waals surface area contributed by atoms with Crippen LogP contribution in [-0.4, -0.2) is 97.7 Å². The molecule has 2 amide bonds. The molecule has 0 aliphatic carbocycles. The van der Waals surface area contributed by atoms with Crippen LogP contribution in [0.25, 0.3) is 0 Å². The molecule has 238 valence electrons. The van der Waals surface area contributed by atoms with E-state index in [2.05, 4.69) is 10.0 Å². The number of ether oxygens (including phenoxy) is 3. The maximum atomic E-state index is 11.9. The number of hydrogen-bond acceptors (Lipinski definition) is 11. The average molecular weight is 612 g/mol. The smallest absolute Gasteiger partial charge is 0.662 e. The first-order valence-electron chi connectivity index (χ1n) is 13.9. The van der Waals surface area contributed by atoms with E-state index < -0.39 is 11.2 Å². The third kappa shape index (κ3) is 20.1. The van der Waals surface area contributed by atoms with Crippen molar-refractivity contribution in [3.63, 3.8) is 0 Å². The standard InChI is InChI=1S/C12H22N2O3.C11H19NO3.C4H8O.CH2O3.Na/c1-9-8-14(7-6-10(9)13-16-5)11(15)17-12(2,3)4;1-8-7-12(6-5-9(8)13)10(14)15-11(2,3)4;1-2-4-5-3-1;2-1-4-3;/h9H,6-8H2,1-5H3;8H,5-7H2,1-4H3;1-4H2;1,3H;/q;;;;+1/p-1/b13-10+;;;;. The number of amides is 2. The van der Waals surface area contributed by atoms with Crippen LogP contribution in [0.5, 0.6) is 0 Å². The molecule has 0 aromatic carbocycles. The van der Waals surface area contributed by atoms with Crippen LogP contribution >= 0.6 is 0 Å². The minimum atomic E-state index is -0.470. The SMILES string of the molecule is C1CCOC1.CC1CN(C(=O)OC(C)(C)C)CCC1=O.CO/N=C1\CCN(C(=O)OC(C)(C)C)CC1C.O=CO[O-].[Na+]. The van der Waals surface area contributed by atoms with E-state index in [0.717, 1.165) is 25.3 Å². The summed E-state index contributed by atoms with van der Waals surface area (Å²) in [6.45, 7) is 19.1. The Kier molecular flexibility index (Phi) is 21.8. The van der Waals surface area contributed by atoms with Gasteiger partial charge in [0.1, 0.15) is 24.1 Å². The zero-order chi connectivity index (χ0) is 31.6. The van der Waals surface area contributed by atoms with Gasteiger partial charge in [-0.15, -0.1) is 0 Å². The van der Waals surface area contributed by atoms with E-state index >= 15 is 0 Å². The molecule has 0 bridgehead atoms. The van der Waals surface area contributed by atoms with E-state index in [0.29, 0.717) is 32.6 Å². The van der Waals surface area contributed by atoms with Gasteiger partial charge in [0.15, 0.2) is 0 Å². The van der Waals surface area contributed by atoms with Crippen LogP contribution in [0, 0.1) is 11.8 Å². The summed E-state index contributed by atoms with van der Waals surface area (Å²) in [5.41, 5.74) is 0.0931. The van der Waals surface area contributed by atoms with Gasteiger partial charge in [0.05, 0.1) is 5.71 Å². The fourth-order valence-electron chi connectivity index (χ4n) is 3.79. The van der Waals surface area contributed by atoms with Gasteiger partial charge in [0.2, 0.25) is 0 Å². The van der Waals surface area contributed by atoms with E-state index in [1.165, 1.54) is 12.8 Å². The molecule has 3 aliphatic heterocycles. The molecule has 0 N–H and O–H groups in total. The second-order valence-electron chi connectivity index (χ2n) is 11.9. The number of likely N-dealkylation sites (tertiary alicyclic amines) is 2. The number of piperidine rings is 2. The van der Waals surface area contributed by atoms with Gasteiger partial charge in [-0.25, -0.2) is 9.59 Å². The monoisotopic (exact) mass is 611 g/mol. The van der Waals surface area contributed by atoms with Gasteiger partial charge in [-0.2, -0.15) is 0 Å². The summed E-state index contributed by atoms with van der Waals surface area (Å²) < 4.78 is 15.5. The van der Waals surface area contributed by atoms with Crippen LogP contribution in [0.3, 0.4) is 0 Å². The van der Waals surface area contributed by atoms with Gasteiger partial charge >= 0.3 is 41.7 Å². The quantitative estimate of drug-likeness (QED) is 0.185. The average Bonchev–Trinajstić information content (AvgIpc) is 3.46. The van der Waals surface area contributed by atoms with Crippen molar-refractivity contribution in [2.24, 2.45) is 17.0 Å². The summed E-state index contributed by atoms with van der Waals surface area (Å²) in [6, 6.07) is 0. The number of ketones is 1. The zero-order valence-corrected chi connectivity index (χ0v) is 29.2. The normalized spacial score (nSPS) is 21.1. The predicted molar refractivity (Wildman–Crippen MR) is 150 cm³/mol. The van der Waals surface area contributed by atoms with Crippen molar-refractivity contribution in [3.05, 3.63) is 0 Å². The number of nitrogens with zero attached hydrogens (tertiary/aromatic N) is 3. The molecule has 14 heteroatoms. The molecule has 3 rings (SSSR count). The zero-order valence-electron chi connectivity index (χ0n) is 27.2. The van der Waals surface area contributed by atoms with Crippen molar-refractivity contribution in [1.82, 2.24) is 9.80 Å². The molecule has 2 unspecified atom stereocenters. The Hall–Kier alpha value is -1.93. The molecule has 3 saturated heterocycles. The number of carbonyl (C=O) groups excluding carboxylic acids is 4. The van der Waals surface area contributed by atoms with Crippen LogP contribution in [0.4, 0.5) is 9.59 Å². The maximum Gasteiger partial charge on any atom is 1.00 e. The van der Waals surface area contributed by atoms with Crippen molar-refractivity contribution >= 4 is 30.2 Å². The Morgan fingerprint density at radius 1 is 0.905 bits per heavy atom. The maximum absolute atomic E-state index is 11.9. The summed E-state index contributed by atoms with van der Waals surface area (Å²) >= 11 is 0. The Labute approximate surface area is 272 Å². The molecule has 13 nitrogen and oxygen atoms in total. The molecule has 0 aromatic heterocycles. The van der Waals surface area contributed by atoms with E-state index in [-0.39, 0.29) is 65.8 Å². The van der Waals surface area contributed by atoms with Crippen LogP contribution in [0.15, 0.2) is 5.16 Å². The van der Waals surface area contributed by atoms with Crippen LogP contribution < -0.4 is 34.8 Å². The Morgan fingerprint density at radius 2 is 1.33 bits per heavy atom. The molecule has 0 aromatic rings. The molecule has 3 heterocycles. The minimum Gasteiger partial charge on any atom is -0.662 e. The van der Waals surface area contributed by atoms with Crippen LogP contribution in [0.1, 0.15) is 81.1 Å². The minimum absolute atomic E-state index is 0. The Morgan fingerprint density at radius 3 is 1.64 bits per heavy atom. The predicted octanol–water partition coefficient (Wildman–Crippen LogP) is 0.334. The number of Topliss-reactive ketones (excluding diaryl/α,β-unsaturated/α-hetero) is 1. The second kappa shape index (κ2) is 21.7. The topological polar surface area (TPSA) is 156 Å². The van der Waals surface area contributed by atoms with Crippen molar-refractivity contribution in [1.29, 1.82) is 0 Å². The van der Waals surface area contributed by atoms with Gasteiger partial charge in [-0.3, -0.25) is 9.59 Å². The summed E-state index contributed by atoms with van der Waals surface area (Å²) in [6.07, 6.45) is 3.18.